The van der Waals surface area contributed by atoms with Gasteiger partial charge in [-0.15, -0.1) is 0 Å². The summed E-state index contributed by atoms with van der Waals surface area (Å²) in [6.07, 6.45) is 9.46. The predicted molar refractivity (Wildman–Crippen MR) is 91.8 cm³/mol. The average Bonchev–Trinajstić information content (AvgIpc) is 3.20. The smallest absolute Gasteiger partial charge is 0.184 e. The van der Waals surface area contributed by atoms with Gasteiger partial charge >= 0.3 is 0 Å². The summed E-state index contributed by atoms with van der Waals surface area (Å²) in [7, 11) is 0. The Labute approximate surface area is 148 Å². The Morgan fingerprint density at radius 2 is 2.12 bits per heavy atom. The molecular formula is C21H26O4. The molecule has 1 N–H and O–H groups in total. The van der Waals surface area contributed by atoms with E-state index in [0.717, 1.165) is 37.7 Å². The minimum atomic E-state index is -0.401. The molecule has 0 amide bonds. The van der Waals surface area contributed by atoms with Crippen LogP contribution in [0.4, 0.5) is 0 Å². The number of epoxide rings is 1. The van der Waals surface area contributed by atoms with Crippen LogP contribution in [0.1, 0.15) is 52.4 Å². The second-order valence-corrected chi connectivity index (χ2v) is 9.18. The lowest BCUT2D eigenvalue weighted by Gasteiger charge is -2.55. The number of Topliss-reactive ketones (excluding diaryl/α,β-unsaturated/α-hetero) is 1. The van der Waals surface area contributed by atoms with Gasteiger partial charge in [0.2, 0.25) is 0 Å². The van der Waals surface area contributed by atoms with Crippen LogP contribution >= 0.6 is 0 Å². The molecule has 2 saturated carbocycles. The lowest BCUT2D eigenvalue weighted by molar-refractivity contribution is -0.120. The minimum Gasteiger partial charge on any atom is -0.388 e. The maximum atomic E-state index is 12.3. The standard InChI is InChI=1S/C21H26O4/c1-19-10-18-21(25-18)15(14(19)5-6-16(19)17(24)11-22)4-3-12-9-13(23)7-8-20(12,21)2/h6,9,14-15,18,22H,3-5,7-8,10-11H2,1-2H3/t14-,15-,18?,19-,20-,21-/m0/s1. The normalized spacial score (nSPS) is 50.0. The summed E-state index contributed by atoms with van der Waals surface area (Å²) in [6.45, 7) is 4.11. The van der Waals surface area contributed by atoms with Crippen molar-refractivity contribution < 1.29 is 19.4 Å². The monoisotopic (exact) mass is 342 g/mol. The lowest BCUT2D eigenvalue weighted by Crippen LogP contribution is -2.57. The molecule has 1 heterocycles. The van der Waals surface area contributed by atoms with Crippen molar-refractivity contribution in [2.24, 2.45) is 22.7 Å². The zero-order chi connectivity index (χ0) is 17.6. The van der Waals surface area contributed by atoms with E-state index >= 15 is 0 Å². The second kappa shape index (κ2) is 4.72. The third-order valence-electron chi connectivity index (χ3n) is 8.36. The summed E-state index contributed by atoms with van der Waals surface area (Å²) in [4.78, 5) is 24.2. The number of rotatable bonds is 2. The molecule has 0 radical (unpaired) electrons. The molecule has 0 bridgehead atoms. The Morgan fingerprint density at radius 1 is 1.32 bits per heavy atom. The molecule has 0 aromatic heterocycles. The van der Waals surface area contributed by atoms with Crippen LogP contribution in [0, 0.1) is 22.7 Å². The van der Waals surface area contributed by atoms with Crippen molar-refractivity contribution >= 4 is 11.6 Å². The molecule has 0 aromatic carbocycles. The Morgan fingerprint density at radius 3 is 2.88 bits per heavy atom. The Bertz CT molecular complexity index is 749. The molecule has 1 unspecified atom stereocenters. The first kappa shape index (κ1) is 16.0. The Kier molecular flexibility index (Phi) is 3.01. The number of aliphatic hydroxyl groups is 1. The molecule has 5 rings (SSSR count). The van der Waals surface area contributed by atoms with Gasteiger partial charge in [0, 0.05) is 17.3 Å². The summed E-state index contributed by atoms with van der Waals surface area (Å²) >= 11 is 0. The van der Waals surface area contributed by atoms with Crippen molar-refractivity contribution in [1.82, 2.24) is 0 Å². The molecule has 4 heteroatoms. The van der Waals surface area contributed by atoms with E-state index in [4.69, 9.17) is 4.74 Å². The van der Waals surface area contributed by atoms with E-state index in [1.807, 2.05) is 6.08 Å². The maximum Gasteiger partial charge on any atom is 0.184 e. The van der Waals surface area contributed by atoms with Crippen LogP contribution in [-0.2, 0) is 14.3 Å². The molecule has 1 aliphatic heterocycles. The summed E-state index contributed by atoms with van der Waals surface area (Å²) < 4.78 is 6.49. The van der Waals surface area contributed by atoms with Crippen LogP contribution in [0.15, 0.2) is 23.3 Å². The first-order valence-electron chi connectivity index (χ1n) is 9.63. The van der Waals surface area contributed by atoms with Crippen LogP contribution < -0.4 is 0 Å². The molecule has 25 heavy (non-hydrogen) atoms. The molecule has 0 aromatic rings. The predicted octanol–water partition coefficient (Wildman–Crippen LogP) is 2.75. The average molecular weight is 342 g/mol. The van der Waals surface area contributed by atoms with Crippen molar-refractivity contribution in [3.8, 4) is 0 Å². The highest BCUT2D eigenvalue weighted by atomic mass is 16.6. The third kappa shape index (κ3) is 1.71. The largest absolute Gasteiger partial charge is 0.388 e. The molecule has 4 aliphatic carbocycles. The number of allylic oxidation sites excluding steroid dienone is 2. The lowest BCUT2D eigenvalue weighted by atomic mass is 9.46. The topological polar surface area (TPSA) is 66.9 Å². The molecule has 3 fully saturated rings. The van der Waals surface area contributed by atoms with E-state index in [1.54, 1.807) is 0 Å². The van der Waals surface area contributed by atoms with Gasteiger partial charge in [-0.1, -0.05) is 25.5 Å². The number of carbonyl (C=O) groups is 2. The summed E-state index contributed by atoms with van der Waals surface area (Å²) in [6, 6.07) is 0. The fraction of sp³-hybridized carbons (Fsp3) is 0.714. The van der Waals surface area contributed by atoms with Gasteiger partial charge in [0.1, 0.15) is 12.2 Å². The summed E-state index contributed by atoms with van der Waals surface area (Å²) in [5, 5.41) is 9.37. The van der Waals surface area contributed by atoms with Crippen LogP contribution in [-0.4, -0.2) is 35.0 Å². The molecule has 6 atom stereocenters. The first-order valence-corrected chi connectivity index (χ1v) is 9.63. The van der Waals surface area contributed by atoms with Gasteiger partial charge in [-0.2, -0.15) is 0 Å². The molecule has 134 valence electrons. The van der Waals surface area contributed by atoms with E-state index in [9.17, 15) is 14.7 Å². The molecule has 1 spiro atoms. The molecular weight excluding hydrogens is 316 g/mol. The van der Waals surface area contributed by atoms with Crippen LogP contribution in [0.3, 0.4) is 0 Å². The fourth-order valence-corrected chi connectivity index (χ4v) is 7.10. The van der Waals surface area contributed by atoms with Crippen LogP contribution in [0.2, 0.25) is 0 Å². The highest BCUT2D eigenvalue weighted by molar-refractivity contribution is 5.98. The number of hydrogen-bond acceptors (Lipinski definition) is 4. The summed E-state index contributed by atoms with van der Waals surface area (Å²) in [5.74, 6) is 0.988. The number of aliphatic hydroxyl groups excluding tert-OH is 1. The SMILES string of the molecule is C[C@]12CCC(=O)C=C1CC[C@H]1[C@@H]3CC=C(C(=O)CO)[C@@]3(C)CC3O[C@]312. The molecule has 5 aliphatic rings. The minimum absolute atomic E-state index is 0.0282. The fourth-order valence-electron chi connectivity index (χ4n) is 7.10. The van der Waals surface area contributed by atoms with E-state index < -0.39 is 6.61 Å². The second-order valence-electron chi connectivity index (χ2n) is 9.18. The number of hydrogen-bond donors (Lipinski definition) is 1. The van der Waals surface area contributed by atoms with Gasteiger partial charge in [-0.25, -0.2) is 0 Å². The van der Waals surface area contributed by atoms with E-state index in [1.165, 1.54) is 5.57 Å². The van der Waals surface area contributed by atoms with Gasteiger partial charge in [0.15, 0.2) is 11.6 Å². The zero-order valence-electron chi connectivity index (χ0n) is 15.0. The zero-order valence-corrected chi connectivity index (χ0v) is 15.0. The number of carbonyl (C=O) groups excluding carboxylic acids is 2. The van der Waals surface area contributed by atoms with Gasteiger partial charge < -0.3 is 9.84 Å². The molecule has 4 nitrogen and oxygen atoms in total. The first-order chi connectivity index (χ1) is 11.9. The van der Waals surface area contributed by atoms with Crippen molar-refractivity contribution in [3.63, 3.8) is 0 Å². The van der Waals surface area contributed by atoms with Crippen molar-refractivity contribution in [2.75, 3.05) is 6.61 Å². The highest BCUT2D eigenvalue weighted by Gasteiger charge is 2.78. The number of ether oxygens (including phenoxy) is 1. The maximum absolute atomic E-state index is 12.3. The van der Waals surface area contributed by atoms with Crippen molar-refractivity contribution in [1.29, 1.82) is 0 Å². The number of ketones is 2. The molecule has 1 saturated heterocycles. The Balaban J connectivity index is 1.55. The van der Waals surface area contributed by atoms with E-state index in [2.05, 4.69) is 19.9 Å². The van der Waals surface area contributed by atoms with Gasteiger partial charge in [0.05, 0.1) is 6.10 Å². The van der Waals surface area contributed by atoms with Crippen LogP contribution in [0.5, 0.6) is 0 Å². The van der Waals surface area contributed by atoms with Gasteiger partial charge in [-0.3, -0.25) is 9.59 Å². The van der Waals surface area contributed by atoms with E-state index in [0.29, 0.717) is 18.3 Å². The van der Waals surface area contributed by atoms with E-state index in [-0.39, 0.29) is 34.1 Å². The summed E-state index contributed by atoms with van der Waals surface area (Å²) in [5.41, 5.74) is 1.79. The Hall–Kier alpha value is -1.26. The van der Waals surface area contributed by atoms with Crippen LogP contribution in [0.25, 0.3) is 0 Å². The third-order valence-corrected chi connectivity index (χ3v) is 8.36. The van der Waals surface area contributed by atoms with Gasteiger partial charge in [-0.05, 0) is 55.6 Å². The van der Waals surface area contributed by atoms with Crippen molar-refractivity contribution in [3.05, 3.63) is 23.3 Å². The van der Waals surface area contributed by atoms with Gasteiger partial charge in [0.25, 0.3) is 0 Å². The highest BCUT2D eigenvalue weighted by Crippen LogP contribution is 2.75. The number of fused-ring (bicyclic) bond motifs is 3. The quantitative estimate of drug-likeness (QED) is 0.784. The van der Waals surface area contributed by atoms with Crippen molar-refractivity contribution in [2.45, 2.75) is 64.1 Å².